The highest BCUT2D eigenvalue weighted by atomic mass is 32.2. The van der Waals surface area contributed by atoms with Crippen LogP contribution in [0.3, 0.4) is 0 Å². The third-order valence-electron chi connectivity index (χ3n) is 2.58. The highest BCUT2D eigenvalue weighted by molar-refractivity contribution is 8.00. The highest BCUT2D eigenvalue weighted by Gasteiger charge is 2.17. The number of carbonyl (C=O) groups excluding carboxylic acids is 1. The fourth-order valence-corrected chi connectivity index (χ4v) is 2.48. The number of thioether (sulfide) groups is 1. The second-order valence-corrected chi connectivity index (χ2v) is 4.77. The summed E-state index contributed by atoms with van der Waals surface area (Å²) in [7, 11) is 0. The van der Waals surface area contributed by atoms with Crippen molar-refractivity contribution in [3.8, 4) is 5.75 Å². The first-order chi connectivity index (χ1) is 8.27. The minimum Gasteiger partial charge on any atom is -0.507 e. The molecule has 0 aromatic heterocycles. The highest BCUT2D eigenvalue weighted by Crippen LogP contribution is 2.27. The van der Waals surface area contributed by atoms with Gasteiger partial charge in [-0.3, -0.25) is 4.79 Å². The van der Waals surface area contributed by atoms with Crippen molar-refractivity contribution in [3.63, 3.8) is 0 Å². The van der Waals surface area contributed by atoms with E-state index in [0.29, 0.717) is 32.1 Å². The second-order valence-electron chi connectivity index (χ2n) is 3.75. The number of morpholine rings is 1. The number of carbonyl (C=O) groups is 1. The number of ether oxygens (including phenoxy) is 1. The summed E-state index contributed by atoms with van der Waals surface area (Å²) in [5.41, 5.74) is 0. The molecular weight excluding hydrogens is 238 g/mol. The minimum absolute atomic E-state index is 0.0987. The number of aromatic hydroxyl groups is 1. The molecule has 0 aliphatic carbocycles. The van der Waals surface area contributed by atoms with Crippen LogP contribution in [-0.2, 0) is 9.53 Å². The zero-order valence-corrected chi connectivity index (χ0v) is 10.3. The molecular formula is C12H15NO3S. The van der Waals surface area contributed by atoms with Gasteiger partial charge in [0.25, 0.3) is 0 Å². The molecule has 0 atom stereocenters. The lowest BCUT2D eigenvalue weighted by Crippen LogP contribution is -2.41. The molecule has 17 heavy (non-hydrogen) atoms. The van der Waals surface area contributed by atoms with E-state index in [1.807, 2.05) is 12.1 Å². The standard InChI is InChI=1S/C12H15NO3S/c14-10-3-1-2-4-11(10)17-9-12(15)13-5-7-16-8-6-13/h1-4,14H,5-9H2. The van der Waals surface area contributed by atoms with E-state index in [-0.39, 0.29) is 11.7 Å². The van der Waals surface area contributed by atoms with Crippen LogP contribution >= 0.6 is 11.8 Å². The molecule has 1 aromatic rings. The van der Waals surface area contributed by atoms with Crippen molar-refractivity contribution in [2.24, 2.45) is 0 Å². The van der Waals surface area contributed by atoms with Gasteiger partial charge >= 0.3 is 0 Å². The molecule has 1 amide bonds. The summed E-state index contributed by atoms with van der Waals surface area (Å²) in [5, 5.41) is 9.57. The van der Waals surface area contributed by atoms with E-state index in [4.69, 9.17) is 4.74 Å². The summed E-state index contributed by atoms with van der Waals surface area (Å²) < 4.78 is 5.19. The van der Waals surface area contributed by atoms with Gasteiger partial charge in [-0.05, 0) is 12.1 Å². The van der Waals surface area contributed by atoms with Crippen molar-refractivity contribution in [2.75, 3.05) is 32.1 Å². The molecule has 1 heterocycles. The fraction of sp³-hybridized carbons (Fsp3) is 0.417. The van der Waals surface area contributed by atoms with Crippen LogP contribution in [0.25, 0.3) is 0 Å². The molecule has 1 aliphatic rings. The molecule has 1 aliphatic heterocycles. The lowest BCUT2D eigenvalue weighted by atomic mass is 10.3. The Bertz CT molecular complexity index is 391. The quantitative estimate of drug-likeness (QED) is 0.826. The fourth-order valence-electron chi connectivity index (χ4n) is 1.62. The van der Waals surface area contributed by atoms with Crippen molar-refractivity contribution >= 4 is 17.7 Å². The van der Waals surface area contributed by atoms with Gasteiger partial charge in [0, 0.05) is 18.0 Å². The molecule has 5 heteroatoms. The topological polar surface area (TPSA) is 49.8 Å². The molecule has 1 fully saturated rings. The van der Waals surface area contributed by atoms with E-state index < -0.39 is 0 Å². The van der Waals surface area contributed by atoms with Gasteiger partial charge in [0.15, 0.2) is 0 Å². The predicted molar refractivity (Wildman–Crippen MR) is 66.2 cm³/mol. The largest absolute Gasteiger partial charge is 0.507 e. The van der Waals surface area contributed by atoms with Crippen LogP contribution < -0.4 is 0 Å². The molecule has 0 spiro atoms. The SMILES string of the molecule is O=C(CSc1ccccc1O)N1CCOCC1. The van der Waals surface area contributed by atoms with Crippen LogP contribution in [-0.4, -0.2) is 48.0 Å². The summed E-state index contributed by atoms with van der Waals surface area (Å²) in [5.74, 6) is 0.686. The third kappa shape index (κ3) is 3.38. The van der Waals surface area contributed by atoms with E-state index in [9.17, 15) is 9.90 Å². The Hall–Kier alpha value is -1.20. The average molecular weight is 253 g/mol. The first-order valence-electron chi connectivity index (χ1n) is 5.53. The molecule has 1 N–H and O–H groups in total. The Morgan fingerprint density at radius 1 is 1.35 bits per heavy atom. The lowest BCUT2D eigenvalue weighted by molar-refractivity contribution is -0.132. The molecule has 1 aromatic carbocycles. The average Bonchev–Trinajstić information content (AvgIpc) is 2.38. The minimum atomic E-state index is 0.0987. The molecule has 92 valence electrons. The maximum atomic E-state index is 11.9. The Labute approximate surface area is 105 Å². The van der Waals surface area contributed by atoms with E-state index in [1.165, 1.54) is 11.8 Å². The predicted octanol–water partition coefficient (Wildman–Crippen LogP) is 1.34. The van der Waals surface area contributed by atoms with Crippen LogP contribution in [0.2, 0.25) is 0 Å². The van der Waals surface area contributed by atoms with Gasteiger partial charge in [0.2, 0.25) is 5.91 Å². The molecule has 4 nitrogen and oxygen atoms in total. The van der Waals surface area contributed by atoms with E-state index >= 15 is 0 Å². The van der Waals surface area contributed by atoms with Gasteiger partial charge in [-0.2, -0.15) is 0 Å². The van der Waals surface area contributed by atoms with E-state index in [0.717, 1.165) is 4.90 Å². The number of para-hydroxylation sites is 1. The second kappa shape index (κ2) is 5.93. The molecule has 2 rings (SSSR count). The molecule has 0 radical (unpaired) electrons. The maximum absolute atomic E-state index is 11.9. The number of rotatable bonds is 3. The molecule has 0 bridgehead atoms. The number of amides is 1. The van der Waals surface area contributed by atoms with Crippen molar-refractivity contribution in [1.82, 2.24) is 4.90 Å². The summed E-state index contributed by atoms with van der Waals surface area (Å²) in [6, 6.07) is 7.05. The summed E-state index contributed by atoms with van der Waals surface area (Å²) >= 11 is 1.37. The van der Waals surface area contributed by atoms with Crippen molar-refractivity contribution in [3.05, 3.63) is 24.3 Å². The number of hydrogen-bond acceptors (Lipinski definition) is 4. The first-order valence-corrected chi connectivity index (χ1v) is 6.52. The normalized spacial score (nSPS) is 15.9. The van der Waals surface area contributed by atoms with Gasteiger partial charge in [-0.25, -0.2) is 0 Å². The zero-order valence-electron chi connectivity index (χ0n) is 9.46. The molecule has 1 saturated heterocycles. The Kier molecular flexibility index (Phi) is 4.28. The van der Waals surface area contributed by atoms with Gasteiger partial charge in [0.05, 0.1) is 19.0 Å². The Balaban J connectivity index is 1.85. The molecule has 0 saturated carbocycles. The van der Waals surface area contributed by atoms with Crippen molar-refractivity contribution < 1.29 is 14.6 Å². The molecule has 0 unspecified atom stereocenters. The Morgan fingerprint density at radius 3 is 2.76 bits per heavy atom. The van der Waals surface area contributed by atoms with Gasteiger partial charge in [0.1, 0.15) is 5.75 Å². The number of benzene rings is 1. The number of nitrogens with zero attached hydrogens (tertiary/aromatic N) is 1. The first kappa shape index (κ1) is 12.3. The van der Waals surface area contributed by atoms with Crippen LogP contribution in [0.1, 0.15) is 0 Å². The summed E-state index contributed by atoms with van der Waals surface area (Å²) in [6.45, 7) is 2.57. The number of hydrogen-bond donors (Lipinski definition) is 1. The Morgan fingerprint density at radius 2 is 2.06 bits per heavy atom. The monoisotopic (exact) mass is 253 g/mol. The number of phenols is 1. The van der Waals surface area contributed by atoms with Crippen LogP contribution in [0.5, 0.6) is 5.75 Å². The van der Waals surface area contributed by atoms with Crippen LogP contribution in [0, 0.1) is 0 Å². The lowest BCUT2D eigenvalue weighted by Gasteiger charge is -2.26. The smallest absolute Gasteiger partial charge is 0.233 e. The summed E-state index contributed by atoms with van der Waals surface area (Å²) in [4.78, 5) is 14.4. The van der Waals surface area contributed by atoms with E-state index in [2.05, 4.69) is 0 Å². The maximum Gasteiger partial charge on any atom is 0.233 e. The zero-order chi connectivity index (χ0) is 12.1. The van der Waals surface area contributed by atoms with Crippen molar-refractivity contribution in [1.29, 1.82) is 0 Å². The van der Waals surface area contributed by atoms with Gasteiger partial charge in [-0.1, -0.05) is 12.1 Å². The number of phenolic OH excluding ortho intramolecular Hbond substituents is 1. The third-order valence-corrected chi connectivity index (χ3v) is 3.63. The van der Waals surface area contributed by atoms with Crippen LogP contribution in [0.4, 0.5) is 0 Å². The van der Waals surface area contributed by atoms with Crippen LogP contribution in [0.15, 0.2) is 29.2 Å². The van der Waals surface area contributed by atoms with Gasteiger partial charge < -0.3 is 14.7 Å². The van der Waals surface area contributed by atoms with Crippen molar-refractivity contribution in [2.45, 2.75) is 4.90 Å². The van der Waals surface area contributed by atoms with Gasteiger partial charge in [-0.15, -0.1) is 11.8 Å². The van der Waals surface area contributed by atoms with E-state index in [1.54, 1.807) is 17.0 Å². The summed E-state index contributed by atoms with van der Waals surface area (Å²) in [6.07, 6.45) is 0.